The number of aliphatic hydroxyl groups excluding tert-OH is 3. The first-order valence-electron chi connectivity index (χ1n) is 7.03. The van der Waals surface area contributed by atoms with Crippen LogP contribution in [0.4, 0.5) is 0 Å². The van der Waals surface area contributed by atoms with Crippen molar-refractivity contribution in [2.75, 3.05) is 58.3 Å². The van der Waals surface area contributed by atoms with Crippen LogP contribution in [-0.4, -0.2) is 108 Å². The van der Waals surface area contributed by atoms with Gasteiger partial charge in [0.15, 0.2) is 0 Å². The Hall–Kier alpha value is -0.600. The molecule has 0 aromatic rings. The highest BCUT2D eigenvalue weighted by molar-refractivity contribution is 7.81. The average Bonchev–Trinajstić information content (AvgIpc) is 3.53. The summed E-state index contributed by atoms with van der Waals surface area (Å²) in [5.74, 6) is -1.93. The minimum atomic E-state index is -0.881. The van der Waals surface area contributed by atoms with Crippen molar-refractivity contribution in [2.45, 2.75) is 12.2 Å². The molecule has 2 rings (SSSR count). The maximum Gasteiger partial charge on any atom is 0.313 e. The fraction of sp³-hybridized carbons (Fsp3) is 0.846. The van der Waals surface area contributed by atoms with Crippen LogP contribution in [0.5, 0.6) is 0 Å². The third kappa shape index (κ3) is 39.8. The van der Waals surface area contributed by atoms with Crippen LogP contribution in [0.25, 0.3) is 0 Å². The molecule has 0 spiro atoms. The molecule has 0 saturated carbocycles. The summed E-state index contributed by atoms with van der Waals surface area (Å²) in [6.45, 7) is 3.01. The summed E-state index contributed by atoms with van der Waals surface area (Å²) in [6, 6.07) is 0. The summed E-state index contributed by atoms with van der Waals surface area (Å²) in [6.07, 6.45) is 0.785. The van der Waals surface area contributed by atoms with Gasteiger partial charge >= 0.3 is 11.9 Å². The Morgan fingerprint density at radius 1 is 0.920 bits per heavy atom. The molecule has 0 aromatic heterocycles. The topological polar surface area (TPSA) is 170 Å². The molecule has 2 aliphatic heterocycles. The van der Waals surface area contributed by atoms with Crippen LogP contribution in [0.15, 0.2) is 0 Å². The predicted molar refractivity (Wildman–Crippen MR) is 95.6 cm³/mol. The molecule has 0 aromatic carbocycles. The van der Waals surface area contributed by atoms with Crippen molar-refractivity contribution in [3.63, 3.8) is 0 Å². The fourth-order valence-electron chi connectivity index (χ4n) is 0.659. The van der Waals surface area contributed by atoms with Crippen molar-refractivity contribution in [2.24, 2.45) is 0 Å². The summed E-state index contributed by atoms with van der Waals surface area (Å²) < 4.78 is 15.1. The number of carboxylic acids is 2. The molecule has 0 amide bonds. The molecule has 2 fully saturated rings. The van der Waals surface area contributed by atoms with Gasteiger partial charge in [-0.05, 0) is 0 Å². The normalized spacial score (nSPS) is 18.3. The molecule has 25 heavy (non-hydrogen) atoms. The first-order valence-corrected chi connectivity index (χ1v) is 8.30. The zero-order chi connectivity index (χ0) is 20.1. The number of hydrogen-bond donors (Lipinski definition) is 7. The van der Waals surface area contributed by atoms with Gasteiger partial charge in [-0.15, -0.1) is 0 Å². The Balaban J connectivity index is -0.000000266. The third-order valence-corrected chi connectivity index (χ3v) is 2.32. The zero-order valence-corrected chi connectivity index (χ0v) is 15.8. The van der Waals surface area contributed by atoms with Gasteiger partial charge in [0.1, 0.15) is 12.2 Å². The molecule has 5 N–H and O–H groups in total. The molecule has 2 atom stereocenters. The molecule has 2 unspecified atom stereocenters. The van der Waals surface area contributed by atoms with E-state index in [2.05, 4.69) is 25.3 Å². The Kier molecular flexibility index (Phi) is 27.3. The van der Waals surface area contributed by atoms with Crippen LogP contribution >= 0.6 is 25.3 Å². The molecule has 0 aliphatic carbocycles. The number of rotatable bonds is 7. The van der Waals surface area contributed by atoms with Crippen LogP contribution in [0.1, 0.15) is 0 Å². The van der Waals surface area contributed by atoms with Gasteiger partial charge in [0, 0.05) is 7.11 Å². The smallest absolute Gasteiger partial charge is 0.313 e. The number of thiol groups is 2. The number of epoxide rings is 2. The molecule has 10 nitrogen and oxygen atoms in total. The summed E-state index contributed by atoms with van der Waals surface area (Å²) >= 11 is 6.83. The average molecular weight is 408 g/mol. The highest BCUT2D eigenvalue weighted by Gasteiger charge is 2.26. The third-order valence-electron chi connectivity index (χ3n) is 1.78. The molecule has 2 saturated heterocycles. The lowest BCUT2D eigenvalue weighted by Crippen LogP contribution is -2.06. The Morgan fingerprint density at radius 2 is 1.16 bits per heavy atom. The summed E-state index contributed by atoms with van der Waals surface area (Å²) in [5, 5.41) is 37.5. The Bertz CT molecular complexity index is 271. The van der Waals surface area contributed by atoms with Crippen molar-refractivity contribution in [1.29, 1.82) is 0 Å². The van der Waals surface area contributed by atoms with E-state index in [1.54, 1.807) is 0 Å². The van der Waals surface area contributed by atoms with E-state index < -0.39 is 11.9 Å². The van der Waals surface area contributed by atoms with Crippen LogP contribution in [0.3, 0.4) is 0 Å². The van der Waals surface area contributed by atoms with Crippen molar-refractivity contribution in [1.82, 2.24) is 0 Å². The van der Waals surface area contributed by atoms with E-state index in [0.29, 0.717) is 12.2 Å². The Labute approximate surface area is 157 Å². The van der Waals surface area contributed by atoms with E-state index in [1.165, 1.54) is 0 Å². The first-order chi connectivity index (χ1) is 11.9. The standard InChI is InChI=1S/C6H10O3.2C2H4O2S.C2H6O2.CH4O/c1(5-3-8-5)7-2-6-4-9-6;2*3-2(4)1-5;3-1-2-4;1-2/h5-6H,1-4H2;2*5H,1H2,(H,3,4);3-4H,1-2H2;2H,1H3. The number of ether oxygens (including phenoxy) is 3. The van der Waals surface area contributed by atoms with Crippen LogP contribution in [0, 0.1) is 0 Å². The van der Waals surface area contributed by atoms with E-state index in [9.17, 15) is 9.59 Å². The SMILES string of the molecule is C(OCC1CO1)C1CO1.CO.O=C(O)CS.O=C(O)CS.OCCO. The van der Waals surface area contributed by atoms with E-state index in [1.807, 2.05) is 0 Å². The molecule has 0 bridgehead atoms. The second kappa shape index (κ2) is 23.4. The van der Waals surface area contributed by atoms with Gasteiger partial charge in [-0.3, -0.25) is 9.59 Å². The molecular formula is C13H28O10S2. The van der Waals surface area contributed by atoms with E-state index >= 15 is 0 Å². The summed E-state index contributed by atoms with van der Waals surface area (Å²) in [5.41, 5.74) is 0. The van der Waals surface area contributed by atoms with Crippen molar-refractivity contribution < 1.29 is 49.3 Å². The lowest BCUT2D eigenvalue weighted by atomic mass is 10.5. The molecule has 0 radical (unpaired) electrons. The fourth-order valence-corrected chi connectivity index (χ4v) is 0.659. The van der Waals surface area contributed by atoms with E-state index in [-0.39, 0.29) is 24.7 Å². The van der Waals surface area contributed by atoms with Crippen LogP contribution in [0.2, 0.25) is 0 Å². The number of hydrogen-bond acceptors (Lipinski definition) is 10. The first kappa shape index (κ1) is 29.2. The number of aliphatic hydroxyl groups is 3. The maximum atomic E-state index is 9.29. The van der Waals surface area contributed by atoms with Crippen molar-refractivity contribution in [3.8, 4) is 0 Å². The van der Waals surface area contributed by atoms with E-state index in [4.69, 9.17) is 39.7 Å². The van der Waals surface area contributed by atoms with Crippen molar-refractivity contribution >= 4 is 37.2 Å². The number of aliphatic carboxylic acids is 2. The van der Waals surface area contributed by atoms with Crippen LogP contribution < -0.4 is 0 Å². The highest BCUT2D eigenvalue weighted by atomic mass is 32.1. The molecular weight excluding hydrogens is 380 g/mol. The Morgan fingerprint density at radius 3 is 1.28 bits per heavy atom. The zero-order valence-electron chi connectivity index (χ0n) is 14.0. The van der Waals surface area contributed by atoms with Gasteiger partial charge in [-0.2, -0.15) is 25.3 Å². The lowest BCUT2D eigenvalue weighted by molar-refractivity contribution is -0.134. The summed E-state index contributed by atoms with van der Waals surface area (Å²) in [4.78, 5) is 18.6. The minimum absolute atomic E-state index is 0.0833. The quantitative estimate of drug-likeness (QED) is 0.192. The van der Waals surface area contributed by atoms with Crippen molar-refractivity contribution in [3.05, 3.63) is 0 Å². The minimum Gasteiger partial charge on any atom is -0.481 e. The van der Waals surface area contributed by atoms with Gasteiger partial charge in [-0.25, -0.2) is 0 Å². The number of carboxylic acid groups (broad SMARTS) is 2. The maximum absolute atomic E-state index is 9.29. The summed E-state index contributed by atoms with van der Waals surface area (Å²) in [7, 11) is 1.00. The number of carbonyl (C=O) groups is 2. The lowest BCUT2D eigenvalue weighted by Gasteiger charge is -1.95. The van der Waals surface area contributed by atoms with Crippen LogP contribution in [-0.2, 0) is 23.8 Å². The van der Waals surface area contributed by atoms with Gasteiger partial charge in [0.25, 0.3) is 0 Å². The molecule has 2 aliphatic rings. The van der Waals surface area contributed by atoms with Gasteiger partial charge in [0.2, 0.25) is 0 Å². The molecule has 2 heterocycles. The monoisotopic (exact) mass is 408 g/mol. The molecule has 152 valence electrons. The van der Waals surface area contributed by atoms with Gasteiger partial charge in [-0.1, -0.05) is 0 Å². The molecule has 12 heteroatoms. The highest BCUT2D eigenvalue weighted by Crippen LogP contribution is 2.12. The predicted octanol–water partition coefficient (Wildman–Crippen LogP) is -1.62. The largest absolute Gasteiger partial charge is 0.481 e. The second-order valence-electron chi connectivity index (χ2n) is 4.00. The second-order valence-corrected chi connectivity index (χ2v) is 4.63. The van der Waals surface area contributed by atoms with Gasteiger partial charge in [0.05, 0.1) is 51.1 Å². The van der Waals surface area contributed by atoms with Gasteiger partial charge < -0.3 is 39.7 Å². The van der Waals surface area contributed by atoms with E-state index in [0.717, 1.165) is 33.5 Å².